The molecular weight excluding hydrogens is 364 g/mol. The van der Waals surface area contributed by atoms with E-state index in [0.29, 0.717) is 19.6 Å². The molecule has 29 heavy (non-hydrogen) atoms. The van der Waals surface area contributed by atoms with E-state index >= 15 is 0 Å². The fourth-order valence-electron chi connectivity index (χ4n) is 3.57. The van der Waals surface area contributed by atoms with Gasteiger partial charge in [-0.1, -0.05) is 30.3 Å². The quantitative estimate of drug-likeness (QED) is 0.661. The number of piperazine rings is 1. The highest BCUT2D eigenvalue weighted by molar-refractivity contribution is 5.96. The Balaban J connectivity index is 1.34. The number of ketones is 1. The number of hydrogen-bond donors (Lipinski definition) is 1. The van der Waals surface area contributed by atoms with Gasteiger partial charge in [-0.3, -0.25) is 9.69 Å². The van der Waals surface area contributed by atoms with Crippen molar-refractivity contribution in [3.63, 3.8) is 0 Å². The molecule has 0 aliphatic carbocycles. The first-order valence-electron chi connectivity index (χ1n) is 10.4. The van der Waals surface area contributed by atoms with E-state index < -0.39 is 6.10 Å². The summed E-state index contributed by atoms with van der Waals surface area (Å²) in [6, 6.07) is 15.5. The van der Waals surface area contributed by atoms with Crippen LogP contribution in [0.25, 0.3) is 0 Å². The molecule has 1 aliphatic heterocycles. The van der Waals surface area contributed by atoms with Crippen LogP contribution in [0.5, 0.6) is 5.75 Å². The Bertz CT molecular complexity index is 786. The molecule has 2 aromatic carbocycles. The lowest BCUT2D eigenvalue weighted by Gasteiger charge is -2.35. The van der Waals surface area contributed by atoms with Crippen molar-refractivity contribution in [2.45, 2.75) is 26.4 Å². The van der Waals surface area contributed by atoms with Gasteiger partial charge in [0.1, 0.15) is 18.5 Å². The Morgan fingerprint density at radius 3 is 2.38 bits per heavy atom. The highest BCUT2D eigenvalue weighted by Crippen LogP contribution is 2.13. The van der Waals surface area contributed by atoms with Gasteiger partial charge in [-0.15, -0.1) is 0 Å². The minimum atomic E-state index is -0.506. The third-order valence-corrected chi connectivity index (χ3v) is 5.60. The van der Waals surface area contributed by atoms with Crippen LogP contribution in [0.4, 0.5) is 0 Å². The van der Waals surface area contributed by atoms with Crippen molar-refractivity contribution >= 4 is 5.78 Å². The molecule has 5 heteroatoms. The van der Waals surface area contributed by atoms with Crippen LogP contribution in [0.1, 0.15) is 27.9 Å². The fourth-order valence-corrected chi connectivity index (χ4v) is 3.57. The van der Waals surface area contributed by atoms with Gasteiger partial charge in [0.2, 0.25) is 0 Å². The summed E-state index contributed by atoms with van der Waals surface area (Å²) in [4.78, 5) is 17.1. The van der Waals surface area contributed by atoms with Gasteiger partial charge in [0.25, 0.3) is 0 Å². The average molecular weight is 397 g/mol. The summed E-state index contributed by atoms with van der Waals surface area (Å²) in [7, 11) is 0. The number of hydrogen-bond acceptors (Lipinski definition) is 5. The SMILES string of the molecule is Cc1ccc(C(=O)CCN2CCN(CC(O)COc3ccccc3)CC2)cc1C. The van der Waals surface area contributed by atoms with Crippen molar-refractivity contribution in [3.8, 4) is 5.75 Å². The molecule has 1 N–H and O–H groups in total. The summed E-state index contributed by atoms with van der Waals surface area (Å²) in [6.45, 7) is 9.47. The van der Waals surface area contributed by atoms with E-state index in [0.717, 1.165) is 44.0 Å². The Labute approximate surface area is 173 Å². The highest BCUT2D eigenvalue weighted by Gasteiger charge is 2.20. The lowest BCUT2D eigenvalue weighted by molar-refractivity contribution is 0.0457. The van der Waals surface area contributed by atoms with Crippen LogP contribution in [-0.2, 0) is 0 Å². The van der Waals surface area contributed by atoms with Crippen molar-refractivity contribution in [2.24, 2.45) is 0 Å². The predicted octanol–water partition coefficient (Wildman–Crippen LogP) is 2.93. The van der Waals surface area contributed by atoms with Gasteiger partial charge in [-0.2, -0.15) is 0 Å². The van der Waals surface area contributed by atoms with Crippen LogP contribution in [-0.4, -0.2) is 72.7 Å². The summed E-state index contributed by atoms with van der Waals surface area (Å²) in [6.07, 6.45) is 0.0452. The first kappa shape index (κ1) is 21.5. The lowest BCUT2D eigenvalue weighted by atomic mass is 10.0. The molecule has 0 saturated carbocycles. The van der Waals surface area contributed by atoms with Crippen LogP contribution < -0.4 is 4.74 Å². The third kappa shape index (κ3) is 6.67. The fraction of sp³-hybridized carbons (Fsp3) is 0.458. The molecular formula is C24H32N2O3. The number of rotatable bonds is 9. The van der Waals surface area contributed by atoms with Crippen LogP contribution >= 0.6 is 0 Å². The molecule has 0 bridgehead atoms. The van der Waals surface area contributed by atoms with E-state index in [1.54, 1.807) is 0 Å². The number of aryl methyl sites for hydroxylation is 2. The molecule has 0 aromatic heterocycles. The molecule has 2 aromatic rings. The van der Waals surface area contributed by atoms with E-state index in [1.807, 2.05) is 55.5 Å². The van der Waals surface area contributed by atoms with Gasteiger partial charge >= 0.3 is 0 Å². The molecule has 5 nitrogen and oxygen atoms in total. The Hall–Kier alpha value is -2.21. The van der Waals surface area contributed by atoms with Crippen molar-refractivity contribution < 1.29 is 14.6 Å². The maximum absolute atomic E-state index is 12.5. The second kappa shape index (κ2) is 10.5. The molecule has 0 radical (unpaired) electrons. The first-order valence-corrected chi connectivity index (χ1v) is 10.4. The minimum absolute atomic E-state index is 0.212. The van der Waals surface area contributed by atoms with Crippen LogP contribution in [0.3, 0.4) is 0 Å². The van der Waals surface area contributed by atoms with E-state index in [1.165, 1.54) is 11.1 Å². The molecule has 0 spiro atoms. The van der Waals surface area contributed by atoms with Crippen molar-refractivity contribution in [1.29, 1.82) is 0 Å². The van der Waals surface area contributed by atoms with Crippen molar-refractivity contribution in [1.82, 2.24) is 9.80 Å². The molecule has 1 unspecified atom stereocenters. The van der Waals surface area contributed by atoms with E-state index in [4.69, 9.17) is 4.74 Å². The lowest BCUT2D eigenvalue weighted by Crippen LogP contribution is -2.49. The van der Waals surface area contributed by atoms with Gasteiger partial charge in [0.15, 0.2) is 5.78 Å². The highest BCUT2D eigenvalue weighted by atomic mass is 16.5. The molecule has 1 saturated heterocycles. The van der Waals surface area contributed by atoms with Gasteiger partial charge in [0, 0.05) is 51.3 Å². The largest absolute Gasteiger partial charge is 0.491 e. The number of Topliss-reactive ketones (excluding diaryl/α,β-unsaturated/α-hetero) is 1. The number of nitrogens with zero attached hydrogens (tertiary/aromatic N) is 2. The molecule has 0 amide bonds. The zero-order chi connectivity index (χ0) is 20.6. The zero-order valence-corrected chi connectivity index (χ0v) is 17.5. The molecule has 1 fully saturated rings. The summed E-state index contributed by atoms with van der Waals surface area (Å²) in [5.74, 6) is 0.994. The third-order valence-electron chi connectivity index (χ3n) is 5.60. The second-order valence-electron chi connectivity index (χ2n) is 7.89. The Morgan fingerprint density at radius 1 is 1.00 bits per heavy atom. The molecule has 3 rings (SSSR count). The molecule has 1 heterocycles. The van der Waals surface area contributed by atoms with Crippen molar-refractivity contribution in [2.75, 3.05) is 45.9 Å². The maximum atomic E-state index is 12.5. The first-order chi connectivity index (χ1) is 14.0. The number of β-amino-alcohol motifs (C(OH)–C–C–N with tert-alkyl or cyclic N) is 1. The molecule has 156 valence electrons. The number of carbonyl (C=O) groups is 1. The van der Waals surface area contributed by atoms with Gasteiger partial charge in [-0.05, 0) is 43.2 Å². The van der Waals surface area contributed by atoms with Crippen molar-refractivity contribution in [3.05, 3.63) is 65.2 Å². The maximum Gasteiger partial charge on any atom is 0.164 e. The number of carbonyl (C=O) groups excluding carboxylic acids is 1. The van der Waals surface area contributed by atoms with Crippen LogP contribution in [0, 0.1) is 13.8 Å². The second-order valence-corrected chi connectivity index (χ2v) is 7.89. The average Bonchev–Trinajstić information content (AvgIpc) is 2.74. The molecule has 1 atom stereocenters. The predicted molar refractivity (Wildman–Crippen MR) is 116 cm³/mol. The van der Waals surface area contributed by atoms with E-state index in [-0.39, 0.29) is 5.78 Å². The zero-order valence-electron chi connectivity index (χ0n) is 17.5. The summed E-state index contributed by atoms with van der Waals surface area (Å²) in [5.41, 5.74) is 3.20. The number of benzene rings is 2. The topological polar surface area (TPSA) is 53.0 Å². The number of aliphatic hydroxyl groups excluding tert-OH is 1. The monoisotopic (exact) mass is 396 g/mol. The standard InChI is InChI=1S/C24H32N2O3/c1-19-8-9-21(16-20(19)2)24(28)10-11-25-12-14-26(15-13-25)17-22(27)18-29-23-6-4-3-5-7-23/h3-9,16,22,27H,10-15,17-18H2,1-2H3. The Morgan fingerprint density at radius 2 is 1.69 bits per heavy atom. The van der Waals surface area contributed by atoms with E-state index in [2.05, 4.69) is 16.7 Å². The minimum Gasteiger partial charge on any atom is -0.491 e. The van der Waals surface area contributed by atoms with Gasteiger partial charge in [0.05, 0.1) is 0 Å². The van der Waals surface area contributed by atoms with Crippen LogP contribution in [0.2, 0.25) is 0 Å². The van der Waals surface area contributed by atoms with Gasteiger partial charge < -0.3 is 14.7 Å². The summed E-state index contributed by atoms with van der Waals surface area (Å²) in [5, 5.41) is 10.2. The summed E-state index contributed by atoms with van der Waals surface area (Å²) < 4.78 is 5.63. The molecule has 1 aliphatic rings. The normalized spacial score (nSPS) is 16.5. The Kier molecular flexibility index (Phi) is 7.81. The smallest absolute Gasteiger partial charge is 0.164 e. The van der Waals surface area contributed by atoms with Gasteiger partial charge in [-0.25, -0.2) is 0 Å². The van der Waals surface area contributed by atoms with Crippen LogP contribution in [0.15, 0.2) is 48.5 Å². The number of aliphatic hydroxyl groups is 1. The van der Waals surface area contributed by atoms with E-state index in [9.17, 15) is 9.90 Å². The number of ether oxygens (including phenoxy) is 1. The summed E-state index contributed by atoms with van der Waals surface area (Å²) >= 11 is 0. The number of para-hydroxylation sites is 1.